The van der Waals surface area contributed by atoms with E-state index >= 15 is 0 Å². The zero-order valence-corrected chi connectivity index (χ0v) is 16.4. The Kier molecular flexibility index (Phi) is 5.41. The van der Waals surface area contributed by atoms with Gasteiger partial charge in [0.05, 0.1) is 18.7 Å². The lowest BCUT2D eigenvalue weighted by Gasteiger charge is -2.38. The molecule has 0 saturated carbocycles. The Labute approximate surface area is 168 Å². The number of hydrogen-bond acceptors (Lipinski definition) is 6. The maximum absolute atomic E-state index is 12.0. The quantitative estimate of drug-likeness (QED) is 0.691. The number of amides is 2. The first-order chi connectivity index (χ1) is 14.1. The normalized spacial score (nSPS) is 14.0. The van der Waals surface area contributed by atoms with E-state index in [9.17, 15) is 4.79 Å². The van der Waals surface area contributed by atoms with Gasteiger partial charge in [0.25, 0.3) is 5.89 Å². The zero-order valence-electron chi connectivity index (χ0n) is 16.4. The maximum atomic E-state index is 12.0. The second-order valence-corrected chi connectivity index (χ2v) is 7.41. The number of hydrogen-bond donors (Lipinski definition) is 1. The van der Waals surface area contributed by atoms with Gasteiger partial charge >= 0.3 is 6.03 Å². The van der Waals surface area contributed by atoms with E-state index in [0.717, 1.165) is 16.9 Å². The largest absolute Gasteiger partial charge is 0.487 e. The number of carbonyl (C=O) groups excluding carboxylic acids is 1. The Bertz CT molecular complexity index is 950. The number of nitrogens with zero attached hydrogens (tertiary/aromatic N) is 4. The highest BCUT2D eigenvalue weighted by atomic mass is 16.5. The number of aromatic nitrogens is 3. The molecule has 4 rings (SSSR count). The van der Waals surface area contributed by atoms with Crippen LogP contribution in [0.3, 0.4) is 0 Å². The highest BCUT2D eigenvalue weighted by Crippen LogP contribution is 2.25. The van der Waals surface area contributed by atoms with Crippen molar-refractivity contribution in [1.82, 2.24) is 25.3 Å². The number of benzene rings is 1. The van der Waals surface area contributed by atoms with Crippen LogP contribution in [0.4, 0.5) is 4.79 Å². The molecule has 8 heteroatoms. The smallest absolute Gasteiger partial charge is 0.317 e. The molecule has 1 aliphatic rings. The van der Waals surface area contributed by atoms with E-state index in [-0.39, 0.29) is 12.1 Å². The molecule has 3 heterocycles. The van der Waals surface area contributed by atoms with Gasteiger partial charge in [-0.2, -0.15) is 4.98 Å². The molecule has 0 radical (unpaired) electrons. The Morgan fingerprint density at radius 2 is 2.03 bits per heavy atom. The molecule has 0 unspecified atom stereocenters. The van der Waals surface area contributed by atoms with E-state index in [1.807, 2.05) is 36.4 Å². The summed E-state index contributed by atoms with van der Waals surface area (Å²) in [5.74, 6) is 2.12. The van der Waals surface area contributed by atoms with Gasteiger partial charge in [-0.25, -0.2) is 4.79 Å². The minimum atomic E-state index is -0.0320. The van der Waals surface area contributed by atoms with Crippen LogP contribution >= 0.6 is 0 Å². The maximum Gasteiger partial charge on any atom is 0.317 e. The fourth-order valence-corrected chi connectivity index (χ4v) is 2.90. The van der Waals surface area contributed by atoms with Crippen LogP contribution in [0.15, 0.2) is 53.3 Å². The van der Waals surface area contributed by atoms with Crippen LogP contribution in [0.5, 0.6) is 5.75 Å². The fourth-order valence-electron chi connectivity index (χ4n) is 2.90. The summed E-state index contributed by atoms with van der Waals surface area (Å²) in [6.45, 7) is 6.00. The molecule has 0 bridgehead atoms. The minimum absolute atomic E-state index is 0.00742. The Morgan fingerprint density at radius 3 is 2.72 bits per heavy atom. The Hall–Kier alpha value is -3.42. The average molecular weight is 393 g/mol. The van der Waals surface area contributed by atoms with Gasteiger partial charge < -0.3 is 19.5 Å². The summed E-state index contributed by atoms with van der Waals surface area (Å²) in [5.41, 5.74) is 1.61. The third kappa shape index (κ3) is 4.53. The highest BCUT2D eigenvalue weighted by Gasteiger charge is 2.32. The monoisotopic (exact) mass is 393 g/mol. The van der Waals surface area contributed by atoms with Crippen molar-refractivity contribution in [3.05, 3.63) is 48.8 Å². The van der Waals surface area contributed by atoms with Crippen molar-refractivity contribution in [2.75, 3.05) is 19.6 Å². The molecule has 1 fully saturated rings. The van der Waals surface area contributed by atoms with E-state index in [4.69, 9.17) is 9.26 Å². The average Bonchev–Trinajstić information content (AvgIpc) is 3.20. The van der Waals surface area contributed by atoms with E-state index in [1.54, 1.807) is 17.3 Å². The summed E-state index contributed by atoms with van der Waals surface area (Å²) < 4.78 is 11.2. The summed E-state index contributed by atoms with van der Waals surface area (Å²) in [6.07, 6.45) is 3.38. The van der Waals surface area contributed by atoms with E-state index in [1.165, 1.54) is 0 Å². The molecule has 1 aromatic carbocycles. The first kappa shape index (κ1) is 18.9. The molecule has 29 heavy (non-hydrogen) atoms. The molecule has 0 spiro atoms. The van der Waals surface area contributed by atoms with Gasteiger partial charge in [0.2, 0.25) is 5.82 Å². The lowest BCUT2D eigenvalue weighted by atomic mass is 10.1. The van der Waals surface area contributed by atoms with Gasteiger partial charge in [-0.05, 0) is 42.3 Å². The second-order valence-electron chi connectivity index (χ2n) is 7.41. The third-order valence-electron chi connectivity index (χ3n) is 4.55. The number of urea groups is 1. The number of pyridine rings is 1. The van der Waals surface area contributed by atoms with Gasteiger partial charge in [-0.15, -0.1) is 0 Å². The van der Waals surface area contributed by atoms with Crippen LogP contribution in [-0.4, -0.2) is 51.8 Å². The first-order valence-electron chi connectivity index (χ1n) is 9.62. The van der Waals surface area contributed by atoms with Crippen molar-refractivity contribution >= 4 is 6.03 Å². The van der Waals surface area contributed by atoms with Gasteiger partial charge in [-0.3, -0.25) is 4.98 Å². The molecule has 8 nitrogen and oxygen atoms in total. The summed E-state index contributed by atoms with van der Waals surface area (Å²) in [5, 5.41) is 6.95. The summed E-state index contributed by atoms with van der Waals surface area (Å²) in [6, 6.07) is 11.2. The molecule has 0 atom stereocenters. The molecule has 1 N–H and O–H groups in total. The molecule has 1 aliphatic heterocycles. The van der Waals surface area contributed by atoms with Crippen molar-refractivity contribution in [1.29, 1.82) is 0 Å². The fraction of sp³-hybridized carbons (Fsp3) is 0.333. The number of rotatable bonds is 6. The number of ether oxygens (including phenoxy) is 1. The van der Waals surface area contributed by atoms with E-state index < -0.39 is 0 Å². The summed E-state index contributed by atoms with van der Waals surface area (Å²) in [4.78, 5) is 22.2. The number of likely N-dealkylation sites (tertiary alicyclic amines) is 1. The van der Waals surface area contributed by atoms with Gasteiger partial charge in [-0.1, -0.05) is 19.0 Å². The van der Waals surface area contributed by atoms with Gasteiger partial charge in [0.1, 0.15) is 11.9 Å². The number of carbonyl (C=O) groups is 1. The van der Waals surface area contributed by atoms with Crippen LogP contribution in [-0.2, 0) is 0 Å². The Balaban J connectivity index is 1.31. The second kappa shape index (κ2) is 8.30. The van der Waals surface area contributed by atoms with E-state index in [2.05, 4.69) is 34.3 Å². The zero-order chi connectivity index (χ0) is 20.2. The van der Waals surface area contributed by atoms with Crippen molar-refractivity contribution in [2.24, 2.45) is 5.92 Å². The first-order valence-corrected chi connectivity index (χ1v) is 9.62. The molecular weight excluding hydrogens is 370 g/mol. The molecule has 1 saturated heterocycles. The van der Waals surface area contributed by atoms with Crippen molar-refractivity contribution in [3.8, 4) is 28.6 Å². The predicted molar refractivity (Wildman–Crippen MR) is 107 cm³/mol. The standard InChI is InChI=1S/C21H23N5O3/c1-14(2)10-23-21(27)26-12-18(13-26)28-17-7-5-15(6-8-17)19-24-20(29-25-19)16-4-3-9-22-11-16/h3-9,11,14,18H,10,12-13H2,1-2H3,(H,23,27). The van der Waals surface area contributed by atoms with Crippen LogP contribution in [0.1, 0.15) is 13.8 Å². The minimum Gasteiger partial charge on any atom is -0.487 e. The van der Waals surface area contributed by atoms with Crippen molar-refractivity contribution < 1.29 is 14.1 Å². The summed E-state index contributed by atoms with van der Waals surface area (Å²) >= 11 is 0. The predicted octanol–water partition coefficient (Wildman–Crippen LogP) is 3.23. The number of nitrogens with one attached hydrogen (secondary N) is 1. The van der Waals surface area contributed by atoms with Crippen molar-refractivity contribution in [2.45, 2.75) is 20.0 Å². The third-order valence-corrected chi connectivity index (χ3v) is 4.55. The molecule has 3 aromatic rings. The molecule has 2 aromatic heterocycles. The van der Waals surface area contributed by atoms with Crippen LogP contribution in [0.2, 0.25) is 0 Å². The molecule has 0 aliphatic carbocycles. The van der Waals surface area contributed by atoms with E-state index in [0.29, 0.717) is 37.3 Å². The molecular formula is C21H23N5O3. The summed E-state index contributed by atoms with van der Waals surface area (Å²) in [7, 11) is 0. The Morgan fingerprint density at radius 1 is 1.24 bits per heavy atom. The van der Waals surface area contributed by atoms with Crippen LogP contribution in [0, 0.1) is 5.92 Å². The van der Waals surface area contributed by atoms with Gasteiger partial charge in [0, 0.05) is 24.5 Å². The lowest BCUT2D eigenvalue weighted by molar-refractivity contribution is 0.0443. The SMILES string of the molecule is CC(C)CNC(=O)N1CC(Oc2ccc(-c3noc(-c4cccnc4)n3)cc2)C1. The molecule has 150 valence electrons. The van der Waals surface area contributed by atoms with Gasteiger partial charge in [0.15, 0.2) is 0 Å². The highest BCUT2D eigenvalue weighted by molar-refractivity contribution is 5.75. The van der Waals surface area contributed by atoms with Crippen molar-refractivity contribution in [3.63, 3.8) is 0 Å². The topological polar surface area (TPSA) is 93.4 Å². The van der Waals surface area contributed by atoms with Crippen LogP contribution in [0.25, 0.3) is 22.8 Å². The molecule has 2 amide bonds. The van der Waals surface area contributed by atoms with Crippen LogP contribution < -0.4 is 10.1 Å². The lowest BCUT2D eigenvalue weighted by Crippen LogP contribution is -2.59.